The summed E-state index contributed by atoms with van der Waals surface area (Å²) < 4.78 is 12.7. The molecule has 4 aromatic carbocycles. The highest BCUT2D eigenvalue weighted by Crippen LogP contribution is 2.53. The lowest BCUT2D eigenvalue weighted by atomic mass is 9.83. The van der Waals surface area contributed by atoms with E-state index in [4.69, 9.17) is 9.47 Å². The molecule has 0 radical (unpaired) electrons. The molecule has 0 aliphatic carbocycles. The van der Waals surface area contributed by atoms with E-state index in [0.717, 1.165) is 26.6 Å². The number of rotatable bonds is 8. The fraction of sp³-hybridized carbons (Fsp3) is 0.176. The number of halogens is 1. The number of fused-ring (bicyclic) bond motifs is 3. The van der Waals surface area contributed by atoms with Crippen molar-refractivity contribution < 1.29 is 23.9 Å². The van der Waals surface area contributed by atoms with Crippen LogP contribution in [0.3, 0.4) is 0 Å². The first-order chi connectivity index (χ1) is 22.3. The summed E-state index contributed by atoms with van der Waals surface area (Å²) in [5.41, 5.74) is 1.87. The maximum absolute atomic E-state index is 14.0. The van der Waals surface area contributed by atoms with Crippen LogP contribution < -0.4 is 24.6 Å². The molecule has 9 nitrogen and oxygen atoms in total. The highest BCUT2D eigenvalue weighted by atomic mass is 79.9. The highest BCUT2D eigenvalue weighted by molar-refractivity contribution is 9.10. The molecule has 1 saturated heterocycles. The minimum absolute atomic E-state index is 0.255. The summed E-state index contributed by atoms with van der Waals surface area (Å²) in [6.45, 7) is 1.90. The molecule has 12 heteroatoms. The average Bonchev–Trinajstić information content (AvgIpc) is 3.55. The summed E-state index contributed by atoms with van der Waals surface area (Å²) in [4.78, 5) is 57.7. The Bertz CT molecular complexity index is 2060. The van der Waals surface area contributed by atoms with Gasteiger partial charge in [-0.25, -0.2) is 4.90 Å². The molecule has 7 rings (SSSR count). The number of aromatic amines is 1. The van der Waals surface area contributed by atoms with Gasteiger partial charge in [-0.2, -0.15) is 0 Å². The third-order valence-electron chi connectivity index (χ3n) is 7.96. The fourth-order valence-corrected chi connectivity index (χ4v) is 8.77. The van der Waals surface area contributed by atoms with Crippen LogP contribution in [0, 0.1) is 5.92 Å². The van der Waals surface area contributed by atoms with E-state index >= 15 is 0 Å². The van der Waals surface area contributed by atoms with Crippen LogP contribution in [0.2, 0.25) is 0 Å². The Kier molecular flexibility index (Phi) is 8.18. The average molecular weight is 717 g/mol. The number of nitrogens with zero attached hydrogens (tertiary/aromatic N) is 1. The number of carbonyl (C=O) groups excluding carboxylic acids is 3. The summed E-state index contributed by atoms with van der Waals surface area (Å²) in [7, 11) is 0. The number of H-pyrrole nitrogens is 1. The van der Waals surface area contributed by atoms with E-state index in [1.165, 1.54) is 16.7 Å². The van der Waals surface area contributed by atoms with Crippen LogP contribution in [0.4, 0.5) is 11.4 Å². The first kappa shape index (κ1) is 30.3. The topological polar surface area (TPSA) is 118 Å². The predicted molar refractivity (Wildman–Crippen MR) is 182 cm³/mol. The molecular weight excluding hydrogens is 690 g/mol. The molecule has 2 N–H and O–H groups in total. The van der Waals surface area contributed by atoms with Gasteiger partial charge in [0.25, 0.3) is 5.91 Å². The number of hydrogen-bond acceptors (Lipinski definition) is 8. The highest BCUT2D eigenvalue weighted by Gasteiger charge is 2.56. The maximum atomic E-state index is 14.0. The zero-order valence-electron chi connectivity index (χ0n) is 24.3. The van der Waals surface area contributed by atoms with E-state index in [-0.39, 0.29) is 29.2 Å². The Morgan fingerprint density at radius 3 is 2.52 bits per heavy atom. The van der Waals surface area contributed by atoms with Crippen LogP contribution in [-0.2, 0) is 14.4 Å². The van der Waals surface area contributed by atoms with Crippen LogP contribution in [0.5, 0.6) is 11.5 Å². The number of thioether (sulfide) groups is 1. The zero-order valence-corrected chi connectivity index (χ0v) is 27.5. The van der Waals surface area contributed by atoms with Crippen LogP contribution in [-0.4, -0.2) is 41.2 Å². The third kappa shape index (κ3) is 5.50. The summed E-state index contributed by atoms with van der Waals surface area (Å²) >= 11 is 5.67. The summed E-state index contributed by atoms with van der Waals surface area (Å²) in [6, 6.07) is 25.8. The Morgan fingerprint density at radius 1 is 0.935 bits per heavy atom. The van der Waals surface area contributed by atoms with E-state index in [1.807, 2.05) is 49.4 Å². The lowest BCUT2D eigenvalue weighted by molar-refractivity contribution is -0.122. The van der Waals surface area contributed by atoms with Gasteiger partial charge in [0.15, 0.2) is 18.1 Å². The molecule has 0 bridgehead atoms. The normalized spacial score (nSPS) is 18.7. The second kappa shape index (κ2) is 12.4. The second-order valence-corrected chi connectivity index (χ2v) is 13.8. The molecule has 0 saturated carbocycles. The fourth-order valence-electron chi connectivity index (χ4n) is 5.99. The largest absolute Gasteiger partial charge is 0.490 e. The maximum Gasteiger partial charge on any atom is 0.305 e. The van der Waals surface area contributed by atoms with Crippen LogP contribution in [0.15, 0.2) is 99.2 Å². The van der Waals surface area contributed by atoms with E-state index in [1.54, 1.807) is 42.5 Å². The minimum Gasteiger partial charge on any atom is -0.490 e. The van der Waals surface area contributed by atoms with E-state index < -0.39 is 17.1 Å². The SMILES string of the molecule is CCOc1cc([C@@H]2c3sc(=O)[nH]c3S[C@H]3C(=O)N(c4ccc(Br)cc4)C(=O)[C@@H]23)ccc1OCC(=O)Nc1cccc2ccccc12. The lowest BCUT2D eigenvalue weighted by Gasteiger charge is -2.30. The van der Waals surface area contributed by atoms with Crippen LogP contribution in [0.25, 0.3) is 10.8 Å². The standard InChI is InChI=1S/C34H26BrN3O6S2/c1-2-43-25-16-19(10-15-24(25)44-17-26(39)36-23-9-5-7-18-6-3-4-8-22(18)23)27-28-30(45-31-29(27)46-34(42)37-31)33(41)38(32(28)40)21-13-11-20(35)12-14-21/h3-16,27-28,30H,2,17H2,1H3,(H,36,39)(H,37,42)/t27-,28-,30+/m0/s1. The van der Waals surface area contributed by atoms with Crippen molar-refractivity contribution >= 4 is 78.9 Å². The Labute approximate surface area is 280 Å². The van der Waals surface area contributed by atoms with Crippen LogP contribution in [0.1, 0.15) is 23.3 Å². The van der Waals surface area contributed by atoms with Crippen molar-refractivity contribution in [2.75, 3.05) is 23.4 Å². The number of aromatic nitrogens is 1. The molecule has 2 aliphatic heterocycles. The Balaban J connectivity index is 1.18. The van der Waals surface area contributed by atoms with Gasteiger partial charge in [0.05, 0.1) is 23.2 Å². The third-order valence-corrected chi connectivity index (χ3v) is 10.9. The van der Waals surface area contributed by atoms with Gasteiger partial charge in [-0.3, -0.25) is 19.2 Å². The van der Waals surface area contributed by atoms with Gasteiger partial charge < -0.3 is 19.8 Å². The molecule has 2 aliphatic rings. The molecular formula is C34H26BrN3O6S2. The van der Waals surface area contributed by atoms with Crippen molar-refractivity contribution in [2.45, 2.75) is 23.1 Å². The number of nitrogens with one attached hydrogen (secondary N) is 2. The Hall–Kier alpha value is -4.39. The molecule has 3 atom stereocenters. The number of amides is 3. The molecule has 1 fully saturated rings. The van der Waals surface area contributed by atoms with Gasteiger partial charge in [-0.05, 0) is 60.3 Å². The van der Waals surface area contributed by atoms with Gasteiger partial charge in [0, 0.05) is 26.3 Å². The zero-order chi connectivity index (χ0) is 31.9. The molecule has 0 unspecified atom stereocenters. The van der Waals surface area contributed by atoms with Crippen molar-refractivity contribution in [3.05, 3.63) is 110 Å². The van der Waals surface area contributed by atoms with Gasteiger partial charge in [0.1, 0.15) is 5.25 Å². The van der Waals surface area contributed by atoms with Gasteiger partial charge in [-0.15, -0.1) is 0 Å². The number of hydrogen-bond donors (Lipinski definition) is 2. The molecule has 0 spiro atoms. The first-order valence-corrected chi connectivity index (χ1v) is 17.0. The number of carbonyl (C=O) groups is 3. The molecule has 1 aromatic heterocycles. The van der Waals surface area contributed by atoms with Gasteiger partial charge >= 0.3 is 4.87 Å². The van der Waals surface area contributed by atoms with Gasteiger partial charge in [-0.1, -0.05) is 81.5 Å². The van der Waals surface area contributed by atoms with Crippen molar-refractivity contribution in [1.82, 2.24) is 4.98 Å². The van der Waals surface area contributed by atoms with Crippen LogP contribution >= 0.6 is 39.0 Å². The minimum atomic E-state index is -0.743. The predicted octanol–water partition coefficient (Wildman–Crippen LogP) is 6.56. The summed E-state index contributed by atoms with van der Waals surface area (Å²) in [5, 5.41) is 4.72. The van der Waals surface area contributed by atoms with Gasteiger partial charge in [0.2, 0.25) is 11.8 Å². The quantitative estimate of drug-likeness (QED) is 0.175. The summed E-state index contributed by atoms with van der Waals surface area (Å²) in [6.07, 6.45) is 0. The van der Waals surface area contributed by atoms with Crippen molar-refractivity contribution in [3.63, 3.8) is 0 Å². The second-order valence-electron chi connectivity index (χ2n) is 10.7. The molecule has 46 heavy (non-hydrogen) atoms. The van der Waals surface area contributed by atoms with E-state index in [9.17, 15) is 19.2 Å². The lowest BCUT2D eigenvalue weighted by Crippen LogP contribution is -2.32. The number of thiazole rings is 1. The molecule has 5 aromatic rings. The number of benzene rings is 4. The number of imide groups is 1. The molecule has 3 amide bonds. The smallest absolute Gasteiger partial charge is 0.305 e. The van der Waals surface area contributed by atoms with Crippen molar-refractivity contribution in [2.24, 2.45) is 5.92 Å². The van der Waals surface area contributed by atoms with E-state index in [2.05, 4.69) is 26.2 Å². The number of ether oxygens (including phenoxy) is 2. The Morgan fingerprint density at radius 2 is 1.72 bits per heavy atom. The number of anilines is 2. The van der Waals surface area contributed by atoms with Crippen molar-refractivity contribution in [1.29, 1.82) is 0 Å². The van der Waals surface area contributed by atoms with Crippen molar-refractivity contribution in [3.8, 4) is 11.5 Å². The molecule has 3 heterocycles. The monoisotopic (exact) mass is 715 g/mol. The van der Waals surface area contributed by atoms with E-state index in [0.29, 0.717) is 44.9 Å². The molecule has 232 valence electrons. The summed E-state index contributed by atoms with van der Waals surface area (Å²) in [5.74, 6) is -1.57. The first-order valence-electron chi connectivity index (χ1n) is 14.5.